The second kappa shape index (κ2) is 6.41. The monoisotopic (exact) mass is 156 g/mol. The van der Waals surface area contributed by atoms with Gasteiger partial charge in [0.2, 0.25) is 0 Å². The predicted molar refractivity (Wildman–Crippen MR) is 49.6 cm³/mol. The zero-order chi connectivity index (χ0) is 8.69. The van der Waals surface area contributed by atoms with Crippen molar-refractivity contribution in [3.8, 4) is 0 Å². The Bertz CT molecular complexity index is 107. The van der Waals surface area contributed by atoms with Gasteiger partial charge in [-0.3, -0.25) is 0 Å². The minimum absolute atomic E-state index is 0.847. The molecule has 0 radical (unpaired) electrons. The number of hydrogen-bond donors (Lipinski definition) is 0. The predicted octanol–water partition coefficient (Wildman–Crippen LogP) is 2.87. The van der Waals surface area contributed by atoms with Crippen LogP contribution in [0.3, 0.4) is 0 Å². The molecule has 1 nitrogen and oxygen atoms in total. The van der Waals surface area contributed by atoms with Crippen LogP contribution in [-0.2, 0) is 4.74 Å². The highest BCUT2D eigenvalue weighted by molar-refractivity contribution is 4.99. The molecule has 0 N–H and O–H groups in total. The van der Waals surface area contributed by atoms with Crippen LogP contribution in [0.1, 0.15) is 26.7 Å². The minimum Gasteiger partial charge on any atom is -0.388 e. The van der Waals surface area contributed by atoms with E-state index in [0.29, 0.717) is 0 Å². The first-order chi connectivity index (χ1) is 5.24. The van der Waals surface area contributed by atoms with Gasteiger partial charge in [0.05, 0.1) is 0 Å². The van der Waals surface area contributed by atoms with Crippen molar-refractivity contribution in [2.75, 3.05) is 14.2 Å². The van der Waals surface area contributed by atoms with Gasteiger partial charge in [-0.25, -0.2) is 0 Å². The SMILES string of the molecule is CCC1C=CC(C)C1.COC. The summed E-state index contributed by atoms with van der Waals surface area (Å²) in [6, 6.07) is 0. The fraction of sp³-hybridized carbons (Fsp3) is 0.800. The van der Waals surface area contributed by atoms with Crippen LogP contribution in [0.25, 0.3) is 0 Å². The Balaban J connectivity index is 0.000000292. The topological polar surface area (TPSA) is 9.23 Å². The van der Waals surface area contributed by atoms with E-state index < -0.39 is 0 Å². The Morgan fingerprint density at radius 3 is 2.09 bits per heavy atom. The third-order valence-electron chi connectivity index (χ3n) is 1.91. The van der Waals surface area contributed by atoms with E-state index in [1.54, 1.807) is 14.2 Å². The molecule has 0 aliphatic heterocycles. The first-order valence-corrected chi connectivity index (χ1v) is 4.33. The van der Waals surface area contributed by atoms with Gasteiger partial charge in [0, 0.05) is 14.2 Å². The molecule has 1 heteroatoms. The quantitative estimate of drug-likeness (QED) is 0.530. The zero-order valence-electron chi connectivity index (χ0n) is 8.13. The van der Waals surface area contributed by atoms with Gasteiger partial charge in [-0.05, 0) is 24.7 Å². The van der Waals surface area contributed by atoms with E-state index in [9.17, 15) is 0 Å². The second-order valence-corrected chi connectivity index (χ2v) is 3.17. The van der Waals surface area contributed by atoms with Crippen LogP contribution in [0.15, 0.2) is 12.2 Å². The summed E-state index contributed by atoms with van der Waals surface area (Å²) in [5.41, 5.74) is 0. The number of allylic oxidation sites excluding steroid dienone is 2. The Labute approximate surface area is 70.4 Å². The maximum absolute atomic E-state index is 4.25. The normalized spacial score (nSPS) is 28.0. The average molecular weight is 156 g/mol. The van der Waals surface area contributed by atoms with Crippen LogP contribution in [0.4, 0.5) is 0 Å². The zero-order valence-corrected chi connectivity index (χ0v) is 8.13. The first-order valence-electron chi connectivity index (χ1n) is 4.33. The molecule has 0 spiro atoms. The van der Waals surface area contributed by atoms with E-state index in [2.05, 4.69) is 30.7 Å². The fourth-order valence-electron chi connectivity index (χ4n) is 1.28. The lowest BCUT2D eigenvalue weighted by Crippen LogP contribution is -1.91. The minimum atomic E-state index is 0.847. The summed E-state index contributed by atoms with van der Waals surface area (Å²) in [6.45, 7) is 4.54. The molecule has 0 heterocycles. The Morgan fingerprint density at radius 2 is 1.91 bits per heavy atom. The van der Waals surface area contributed by atoms with Gasteiger partial charge in [-0.15, -0.1) is 0 Å². The molecule has 2 unspecified atom stereocenters. The van der Waals surface area contributed by atoms with Crippen LogP contribution in [0.5, 0.6) is 0 Å². The molecule has 1 rings (SSSR count). The molecule has 0 aromatic rings. The van der Waals surface area contributed by atoms with Crippen LogP contribution >= 0.6 is 0 Å². The molecule has 0 bridgehead atoms. The van der Waals surface area contributed by atoms with Crippen molar-refractivity contribution in [3.05, 3.63) is 12.2 Å². The molecular weight excluding hydrogens is 136 g/mol. The molecule has 0 aromatic carbocycles. The van der Waals surface area contributed by atoms with Crippen LogP contribution in [0, 0.1) is 11.8 Å². The summed E-state index contributed by atoms with van der Waals surface area (Å²) in [5.74, 6) is 1.74. The standard InChI is InChI=1S/C8H14.C2H6O/c1-3-8-5-4-7(2)6-8;1-3-2/h4-5,7-8H,3,6H2,1-2H3;1-2H3. The Kier molecular flexibility index (Phi) is 6.24. The van der Waals surface area contributed by atoms with Crippen LogP contribution < -0.4 is 0 Å². The molecule has 0 amide bonds. The first kappa shape index (κ1) is 10.7. The largest absolute Gasteiger partial charge is 0.388 e. The van der Waals surface area contributed by atoms with Crippen LogP contribution in [-0.4, -0.2) is 14.2 Å². The van der Waals surface area contributed by atoms with Gasteiger partial charge in [0.25, 0.3) is 0 Å². The molecule has 1 aliphatic carbocycles. The number of methoxy groups -OCH3 is 1. The fourth-order valence-corrected chi connectivity index (χ4v) is 1.28. The molecule has 0 fully saturated rings. The van der Waals surface area contributed by atoms with Gasteiger partial charge >= 0.3 is 0 Å². The molecule has 0 saturated heterocycles. The van der Waals surface area contributed by atoms with E-state index in [0.717, 1.165) is 11.8 Å². The third kappa shape index (κ3) is 5.02. The summed E-state index contributed by atoms with van der Waals surface area (Å²) >= 11 is 0. The Hall–Kier alpha value is -0.300. The maximum Gasteiger partial charge on any atom is 0.0351 e. The lowest BCUT2D eigenvalue weighted by Gasteiger charge is -2.02. The van der Waals surface area contributed by atoms with Crippen molar-refractivity contribution in [1.82, 2.24) is 0 Å². The molecule has 2 atom stereocenters. The van der Waals surface area contributed by atoms with Crippen molar-refractivity contribution >= 4 is 0 Å². The summed E-state index contributed by atoms with van der Waals surface area (Å²) < 4.78 is 4.25. The van der Waals surface area contributed by atoms with E-state index in [1.807, 2.05) is 0 Å². The third-order valence-corrected chi connectivity index (χ3v) is 1.91. The lowest BCUT2D eigenvalue weighted by atomic mass is 10.0. The highest BCUT2D eigenvalue weighted by Crippen LogP contribution is 2.24. The molecular formula is C10H20O. The van der Waals surface area contributed by atoms with Crippen molar-refractivity contribution in [1.29, 1.82) is 0 Å². The van der Waals surface area contributed by atoms with Crippen molar-refractivity contribution < 1.29 is 4.74 Å². The van der Waals surface area contributed by atoms with Gasteiger partial charge in [0.1, 0.15) is 0 Å². The molecule has 11 heavy (non-hydrogen) atoms. The number of rotatable bonds is 1. The average Bonchev–Trinajstić information content (AvgIpc) is 2.37. The highest BCUT2D eigenvalue weighted by atomic mass is 16.4. The summed E-state index contributed by atoms with van der Waals surface area (Å²) in [6.07, 6.45) is 7.39. The van der Waals surface area contributed by atoms with E-state index in [-0.39, 0.29) is 0 Å². The lowest BCUT2D eigenvalue weighted by molar-refractivity contribution is 0.277. The Morgan fingerprint density at radius 1 is 1.36 bits per heavy atom. The summed E-state index contributed by atoms with van der Waals surface area (Å²) in [7, 11) is 3.25. The second-order valence-electron chi connectivity index (χ2n) is 3.17. The van der Waals surface area contributed by atoms with Crippen molar-refractivity contribution in [3.63, 3.8) is 0 Å². The summed E-state index contributed by atoms with van der Waals surface area (Å²) in [5, 5.41) is 0. The number of ether oxygens (including phenoxy) is 1. The highest BCUT2D eigenvalue weighted by Gasteiger charge is 2.11. The number of hydrogen-bond acceptors (Lipinski definition) is 1. The van der Waals surface area contributed by atoms with Gasteiger partial charge in [-0.2, -0.15) is 0 Å². The van der Waals surface area contributed by atoms with Gasteiger partial charge in [-0.1, -0.05) is 26.0 Å². The smallest absolute Gasteiger partial charge is 0.0351 e. The van der Waals surface area contributed by atoms with Gasteiger partial charge in [0.15, 0.2) is 0 Å². The van der Waals surface area contributed by atoms with E-state index in [4.69, 9.17) is 0 Å². The van der Waals surface area contributed by atoms with Crippen molar-refractivity contribution in [2.45, 2.75) is 26.7 Å². The molecule has 0 aromatic heterocycles. The van der Waals surface area contributed by atoms with Gasteiger partial charge < -0.3 is 4.74 Å². The molecule has 66 valence electrons. The summed E-state index contributed by atoms with van der Waals surface area (Å²) in [4.78, 5) is 0. The van der Waals surface area contributed by atoms with E-state index in [1.165, 1.54) is 12.8 Å². The van der Waals surface area contributed by atoms with E-state index >= 15 is 0 Å². The molecule has 0 saturated carbocycles. The maximum atomic E-state index is 4.25. The molecule has 1 aliphatic rings. The van der Waals surface area contributed by atoms with Crippen molar-refractivity contribution in [2.24, 2.45) is 11.8 Å². The van der Waals surface area contributed by atoms with Crippen LogP contribution in [0.2, 0.25) is 0 Å².